The van der Waals surface area contributed by atoms with Crippen LogP contribution in [0.5, 0.6) is 0 Å². The first-order valence-corrected chi connectivity index (χ1v) is 7.07. The van der Waals surface area contributed by atoms with E-state index in [1.807, 2.05) is 18.7 Å². The molecule has 1 aromatic heterocycles. The molecule has 1 unspecified atom stereocenters. The van der Waals surface area contributed by atoms with Gasteiger partial charge in [0.25, 0.3) is 0 Å². The molecule has 0 N–H and O–H groups in total. The number of hydrogen-bond donors (Lipinski definition) is 0. The van der Waals surface area contributed by atoms with Crippen molar-refractivity contribution in [3.63, 3.8) is 0 Å². The van der Waals surface area contributed by atoms with Gasteiger partial charge in [0.15, 0.2) is 0 Å². The Morgan fingerprint density at radius 2 is 2.33 bits per heavy atom. The van der Waals surface area contributed by atoms with E-state index < -0.39 is 0 Å². The highest BCUT2D eigenvalue weighted by atomic mass is 79.9. The van der Waals surface area contributed by atoms with Crippen LogP contribution in [0.15, 0.2) is 16.6 Å². The molecule has 0 saturated carbocycles. The zero-order chi connectivity index (χ0) is 10.8. The molecule has 0 bridgehead atoms. The van der Waals surface area contributed by atoms with Crippen molar-refractivity contribution in [3.05, 3.63) is 22.3 Å². The van der Waals surface area contributed by atoms with Crippen LogP contribution in [0.1, 0.15) is 12.1 Å². The van der Waals surface area contributed by atoms with Crippen LogP contribution >= 0.6 is 27.7 Å². The SMILES string of the molecule is Cc1nc(N(C)C2CCSC2)ccc1Br. The van der Waals surface area contributed by atoms with E-state index in [1.165, 1.54) is 17.9 Å². The number of pyridine rings is 1. The van der Waals surface area contributed by atoms with Gasteiger partial charge in [0.1, 0.15) is 5.82 Å². The highest BCUT2D eigenvalue weighted by molar-refractivity contribution is 9.10. The Kier molecular flexibility index (Phi) is 3.57. The summed E-state index contributed by atoms with van der Waals surface area (Å²) in [6.45, 7) is 2.03. The molecule has 0 radical (unpaired) electrons. The van der Waals surface area contributed by atoms with Gasteiger partial charge in [0.05, 0.1) is 5.69 Å². The molecular weight excluding hydrogens is 272 g/mol. The average Bonchev–Trinajstić information content (AvgIpc) is 2.74. The molecule has 1 aliphatic rings. The Labute approximate surface area is 104 Å². The van der Waals surface area contributed by atoms with Crippen molar-refractivity contribution in [2.75, 3.05) is 23.5 Å². The average molecular weight is 287 g/mol. The third-order valence-electron chi connectivity index (χ3n) is 2.82. The van der Waals surface area contributed by atoms with Crippen LogP contribution in [-0.4, -0.2) is 29.6 Å². The van der Waals surface area contributed by atoms with Gasteiger partial charge in [-0.05, 0) is 47.2 Å². The quantitative estimate of drug-likeness (QED) is 0.831. The van der Waals surface area contributed by atoms with E-state index in [1.54, 1.807) is 0 Å². The standard InChI is InChI=1S/C11H15BrN2S/c1-8-10(12)3-4-11(13-8)14(2)9-5-6-15-7-9/h3-4,9H,5-7H2,1-2H3. The molecule has 0 aliphatic carbocycles. The number of aryl methyl sites for hydroxylation is 1. The molecule has 2 nitrogen and oxygen atoms in total. The number of thioether (sulfide) groups is 1. The first kappa shape index (κ1) is 11.3. The van der Waals surface area contributed by atoms with Gasteiger partial charge in [-0.3, -0.25) is 0 Å². The van der Waals surface area contributed by atoms with Crippen molar-refractivity contribution in [3.8, 4) is 0 Å². The van der Waals surface area contributed by atoms with E-state index in [9.17, 15) is 0 Å². The minimum atomic E-state index is 0.656. The molecule has 1 fully saturated rings. The summed E-state index contributed by atoms with van der Waals surface area (Å²) in [4.78, 5) is 6.89. The number of halogens is 1. The van der Waals surface area contributed by atoms with E-state index in [-0.39, 0.29) is 0 Å². The fraction of sp³-hybridized carbons (Fsp3) is 0.545. The maximum Gasteiger partial charge on any atom is 0.128 e. The molecule has 4 heteroatoms. The molecule has 1 aromatic rings. The second-order valence-corrected chi connectivity index (χ2v) is 5.87. The van der Waals surface area contributed by atoms with Crippen molar-refractivity contribution in [2.45, 2.75) is 19.4 Å². The fourth-order valence-electron chi connectivity index (χ4n) is 1.74. The highest BCUT2D eigenvalue weighted by Gasteiger charge is 2.21. The molecule has 82 valence electrons. The topological polar surface area (TPSA) is 16.1 Å². The maximum atomic E-state index is 4.59. The Balaban J connectivity index is 2.17. The largest absolute Gasteiger partial charge is 0.356 e. The van der Waals surface area contributed by atoms with Gasteiger partial charge in [-0.2, -0.15) is 11.8 Å². The van der Waals surface area contributed by atoms with Crippen molar-refractivity contribution < 1.29 is 0 Å². The van der Waals surface area contributed by atoms with Crippen LogP contribution in [0.3, 0.4) is 0 Å². The van der Waals surface area contributed by atoms with Gasteiger partial charge in [0.2, 0.25) is 0 Å². The Hall–Kier alpha value is -0.220. The summed E-state index contributed by atoms with van der Waals surface area (Å²) in [5.74, 6) is 3.60. The smallest absolute Gasteiger partial charge is 0.128 e. The predicted molar refractivity (Wildman–Crippen MR) is 70.8 cm³/mol. The first-order chi connectivity index (χ1) is 7.18. The van der Waals surface area contributed by atoms with Crippen LogP contribution in [0.4, 0.5) is 5.82 Å². The summed E-state index contributed by atoms with van der Waals surface area (Å²) >= 11 is 5.51. The van der Waals surface area contributed by atoms with Gasteiger partial charge >= 0.3 is 0 Å². The molecule has 0 amide bonds. The summed E-state index contributed by atoms with van der Waals surface area (Å²) < 4.78 is 1.08. The lowest BCUT2D eigenvalue weighted by Gasteiger charge is -2.25. The Morgan fingerprint density at radius 1 is 1.53 bits per heavy atom. The highest BCUT2D eigenvalue weighted by Crippen LogP contribution is 2.26. The summed E-state index contributed by atoms with van der Waals surface area (Å²) in [5, 5.41) is 0. The second-order valence-electron chi connectivity index (χ2n) is 3.87. The van der Waals surface area contributed by atoms with Gasteiger partial charge in [-0.15, -0.1) is 0 Å². The number of nitrogens with zero attached hydrogens (tertiary/aromatic N) is 2. The van der Waals surface area contributed by atoms with Crippen molar-refractivity contribution in [1.29, 1.82) is 0 Å². The molecule has 1 atom stereocenters. The molecule has 2 heterocycles. The second kappa shape index (κ2) is 4.74. The molecular formula is C11H15BrN2S. The van der Waals surface area contributed by atoms with Crippen LogP contribution in [0.2, 0.25) is 0 Å². The normalized spacial score (nSPS) is 20.6. The third-order valence-corrected chi connectivity index (χ3v) is 4.80. The van der Waals surface area contributed by atoms with Crippen molar-refractivity contribution >= 4 is 33.5 Å². The molecule has 15 heavy (non-hydrogen) atoms. The summed E-state index contributed by atoms with van der Waals surface area (Å²) in [6.07, 6.45) is 1.28. The third kappa shape index (κ3) is 2.48. The first-order valence-electron chi connectivity index (χ1n) is 5.12. The van der Waals surface area contributed by atoms with Gasteiger partial charge in [-0.1, -0.05) is 0 Å². The lowest BCUT2D eigenvalue weighted by atomic mass is 10.2. The van der Waals surface area contributed by atoms with Gasteiger partial charge in [-0.25, -0.2) is 4.98 Å². The lowest BCUT2D eigenvalue weighted by molar-refractivity contribution is 0.690. The zero-order valence-electron chi connectivity index (χ0n) is 9.03. The molecule has 1 saturated heterocycles. The van der Waals surface area contributed by atoms with Crippen molar-refractivity contribution in [1.82, 2.24) is 4.98 Å². The lowest BCUT2D eigenvalue weighted by Crippen LogP contribution is -2.32. The van der Waals surface area contributed by atoms with E-state index in [4.69, 9.17) is 0 Å². The fourth-order valence-corrected chi connectivity index (χ4v) is 3.23. The van der Waals surface area contributed by atoms with Crippen LogP contribution in [0.25, 0.3) is 0 Å². The Morgan fingerprint density at radius 3 is 2.93 bits per heavy atom. The van der Waals surface area contributed by atoms with E-state index >= 15 is 0 Å². The van der Waals surface area contributed by atoms with Gasteiger partial charge < -0.3 is 4.90 Å². The molecule has 1 aliphatic heterocycles. The summed E-state index contributed by atoms with van der Waals surface area (Å²) in [5.41, 5.74) is 1.06. The number of rotatable bonds is 2. The molecule has 0 aromatic carbocycles. The zero-order valence-corrected chi connectivity index (χ0v) is 11.4. The van der Waals surface area contributed by atoms with E-state index in [0.717, 1.165) is 16.0 Å². The minimum absolute atomic E-state index is 0.656. The number of hydrogen-bond acceptors (Lipinski definition) is 3. The number of anilines is 1. The van der Waals surface area contributed by atoms with E-state index in [0.29, 0.717) is 6.04 Å². The summed E-state index contributed by atoms with van der Waals surface area (Å²) in [6, 6.07) is 4.82. The monoisotopic (exact) mass is 286 g/mol. The Bertz CT molecular complexity index is 350. The van der Waals surface area contributed by atoms with Crippen molar-refractivity contribution in [2.24, 2.45) is 0 Å². The summed E-state index contributed by atoms with van der Waals surface area (Å²) in [7, 11) is 2.15. The number of aromatic nitrogens is 1. The van der Waals surface area contributed by atoms with E-state index in [2.05, 4.69) is 45.0 Å². The van der Waals surface area contributed by atoms with Crippen LogP contribution in [-0.2, 0) is 0 Å². The van der Waals surface area contributed by atoms with Gasteiger partial charge in [0, 0.05) is 23.3 Å². The maximum absolute atomic E-state index is 4.59. The van der Waals surface area contributed by atoms with Crippen LogP contribution < -0.4 is 4.90 Å². The molecule has 0 spiro atoms. The van der Waals surface area contributed by atoms with Crippen LogP contribution in [0, 0.1) is 6.92 Å². The minimum Gasteiger partial charge on any atom is -0.356 e. The molecule has 2 rings (SSSR count). The predicted octanol–water partition coefficient (Wildman–Crippen LogP) is 3.09.